The fourth-order valence-electron chi connectivity index (χ4n) is 6.85. The van der Waals surface area contributed by atoms with Crippen LogP contribution in [-0.2, 0) is 49.9 Å². The van der Waals surface area contributed by atoms with E-state index in [1.54, 1.807) is 9.80 Å². The molecular formula is C40H36N12Na4O14S4. The van der Waals surface area contributed by atoms with Crippen molar-refractivity contribution in [1.29, 1.82) is 0 Å². The molecule has 2 aliphatic heterocycles. The Balaban J connectivity index is 0.00000296. The Morgan fingerprint density at radius 3 is 1.03 bits per heavy atom. The second-order valence-electron chi connectivity index (χ2n) is 15.0. The van der Waals surface area contributed by atoms with Crippen LogP contribution in [0.4, 0.5) is 58.4 Å². The van der Waals surface area contributed by atoms with Gasteiger partial charge in [0, 0.05) is 48.9 Å². The molecule has 4 N–H and O–H groups in total. The van der Waals surface area contributed by atoms with Gasteiger partial charge in [0.25, 0.3) is 0 Å². The van der Waals surface area contributed by atoms with Crippen molar-refractivity contribution >= 4 is 111 Å². The first-order valence-corrected chi connectivity index (χ1v) is 26.0. The van der Waals surface area contributed by atoms with Crippen LogP contribution in [0.5, 0.6) is 0 Å². The van der Waals surface area contributed by atoms with Crippen LogP contribution in [0.15, 0.2) is 105 Å². The number of morpholine rings is 2. The van der Waals surface area contributed by atoms with Crippen LogP contribution >= 0.6 is 0 Å². The summed E-state index contributed by atoms with van der Waals surface area (Å²) in [6.45, 7) is 2.93. The van der Waals surface area contributed by atoms with Crippen molar-refractivity contribution in [3.63, 3.8) is 0 Å². The molecule has 26 nitrogen and oxygen atoms in total. The van der Waals surface area contributed by atoms with Crippen LogP contribution in [-0.4, -0.2) is 134 Å². The maximum Gasteiger partial charge on any atom is 1.00 e. The zero-order valence-electron chi connectivity index (χ0n) is 39.8. The van der Waals surface area contributed by atoms with Crippen LogP contribution in [0.3, 0.4) is 0 Å². The van der Waals surface area contributed by atoms with Crippen LogP contribution in [0.2, 0.25) is 0 Å². The monoisotopic (exact) mass is 1130 g/mol. The number of aromatic nitrogens is 6. The second kappa shape index (κ2) is 27.0. The first kappa shape index (κ1) is 63.5. The SMILES string of the molecule is O=S(=O)([O-])c1cccc(Nc2nc(Nc3ccc(C=Cc4ccc(Nc5nc(Nc6cccc(S(=O)(=O)[O-])c6)nc(N6CCOCC6)n5)cc4S(=O)(=O)[O-])c(S(=O)(=O)[O-])c3)nc(N3CCOCC3)n2)c1.[Na+].[Na+].[Na+].[Na+]. The van der Waals surface area contributed by atoms with Crippen molar-refractivity contribution in [1.82, 2.24) is 29.9 Å². The molecule has 0 amide bonds. The molecule has 0 radical (unpaired) electrons. The molecular weight excluding hydrogens is 1090 g/mol. The first-order chi connectivity index (χ1) is 33.1. The van der Waals surface area contributed by atoms with Gasteiger partial charge in [-0.25, -0.2) is 33.7 Å². The summed E-state index contributed by atoms with van der Waals surface area (Å²) >= 11 is 0. The van der Waals surface area contributed by atoms with E-state index in [9.17, 15) is 51.9 Å². The van der Waals surface area contributed by atoms with Gasteiger partial charge in [0.2, 0.25) is 35.7 Å². The van der Waals surface area contributed by atoms with Gasteiger partial charge in [-0.05, 0) is 71.8 Å². The van der Waals surface area contributed by atoms with E-state index in [2.05, 4.69) is 51.2 Å². The molecule has 4 aromatic carbocycles. The fraction of sp³-hybridized carbons (Fsp3) is 0.200. The summed E-state index contributed by atoms with van der Waals surface area (Å²) in [5.41, 5.74) is -0.0967. The molecule has 8 rings (SSSR count). The Bertz CT molecular complexity index is 3250. The van der Waals surface area contributed by atoms with Gasteiger partial charge >= 0.3 is 118 Å². The van der Waals surface area contributed by atoms with E-state index in [-0.39, 0.29) is 188 Å². The van der Waals surface area contributed by atoms with E-state index >= 15 is 0 Å². The number of hydrogen-bond donors (Lipinski definition) is 4. The van der Waals surface area contributed by atoms with Gasteiger partial charge in [-0.3, -0.25) is 0 Å². The first-order valence-electron chi connectivity index (χ1n) is 20.4. The quantitative estimate of drug-likeness (QED) is 0.0397. The molecule has 368 valence electrons. The molecule has 0 unspecified atom stereocenters. The molecule has 34 heteroatoms. The molecule has 0 atom stereocenters. The van der Waals surface area contributed by atoms with E-state index < -0.39 is 60.1 Å². The Kier molecular flexibility index (Phi) is 23.2. The third-order valence-electron chi connectivity index (χ3n) is 10.1. The molecule has 0 aliphatic carbocycles. The number of benzene rings is 4. The number of rotatable bonds is 16. The Morgan fingerprint density at radius 2 is 0.730 bits per heavy atom. The summed E-state index contributed by atoms with van der Waals surface area (Å²) in [5, 5.41) is 11.3. The van der Waals surface area contributed by atoms with E-state index in [0.717, 1.165) is 48.6 Å². The smallest absolute Gasteiger partial charge is 0.744 e. The van der Waals surface area contributed by atoms with Crippen molar-refractivity contribution < 1.29 is 180 Å². The zero-order valence-corrected chi connectivity index (χ0v) is 51.1. The third kappa shape index (κ3) is 17.2. The predicted octanol–water partition coefficient (Wildman–Crippen LogP) is -9.49. The van der Waals surface area contributed by atoms with Crippen molar-refractivity contribution in [2.75, 3.05) is 83.7 Å². The summed E-state index contributed by atoms with van der Waals surface area (Å²) in [7, 11) is -20.1. The largest absolute Gasteiger partial charge is 1.00 e. The van der Waals surface area contributed by atoms with Crippen molar-refractivity contribution in [3.8, 4) is 0 Å². The van der Waals surface area contributed by atoms with Gasteiger partial charge in [-0.1, -0.05) is 36.4 Å². The Hall–Kier alpha value is -3.00. The van der Waals surface area contributed by atoms with E-state index in [1.165, 1.54) is 48.5 Å². The molecule has 0 saturated carbocycles. The number of ether oxygens (including phenoxy) is 2. The van der Waals surface area contributed by atoms with Crippen molar-refractivity contribution in [2.45, 2.75) is 19.6 Å². The normalized spacial score (nSPS) is 14.1. The van der Waals surface area contributed by atoms with Gasteiger partial charge < -0.3 is 58.8 Å². The Labute approximate surface area is 513 Å². The number of nitrogens with zero attached hydrogens (tertiary/aromatic N) is 8. The molecule has 0 bridgehead atoms. The standard InChI is InChI=1S/C40H40N12O14S4.4Na/c53-67(54,55)31-5-1-3-27(21-31)41-35-45-37(49-39(47-35)51-13-17-65-18-14-51)43-29-11-9-25(33(23-29)69(59,60)61)7-8-26-10-12-30(24-34(26)70(62,63)64)44-38-46-36(48-40(50-38)52-15-19-66-20-16-52)42-28-4-2-6-32(22-28)68(56,57)58;;;;/h1-12,21-24H,13-20H2,(H,53,54,55)(H,56,57,58)(H,59,60,61)(H,62,63,64)(H2,41,43,45,47,49)(H2,42,44,46,48,50);;;;/q;4*+1/p-4. The topological polar surface area (TPSA) is 379 Å². The van der Waals surface area contributed by atoms with Crippen molar-refractivity contribution in [3.05, 3.63) is 96.1 Å². The average molecular weight is 1130 g/mol. The zero-order chi connectivity index (χ0) is 49.8. The molecule has 2 fully saturated rings. The number of anilines is 10. The van der Waals surface area contributed by atoms with Crippen molar-refractivity contribution in [2.24, 2.45) is 0 Å². The van der Waals surface area contributed by atoms with Gasteiger partial charge in [-0.2, -0.15) is 29.9 Å². The average Bonchev–Trinajstić information content (AvgIpc) is 3.31. The third-order valence-corrected chi connectivity index (χ3v) is 13.6. The fourth-order valence-corrected chi connectivity index (χ4v) is 9.28. The number of hydrogen-bond acceptors (Lipinski definition) is 26. The maximum absolute atomic E-state index is 12.7. The van der Waals surface area contributed by atoms with Gasteiger partial charge in [0.05, 0.1) is 46.0 Å². The molecule has 6 aromatic rings. The second-order valence-corrected chi connectivity index (χ2v) is 20.4. The molecule has 0 spiro atoms. The predicted molar refractivity (Wildman–Crippen MR) is 245 cm³/mol. The van der Waals surface area contributed by atoms with E-state index in [4.69, 9.17) is 9.47 Å². The van der Waals surface area contributed by atoms with Crippen LogP contribution in [0, 0.1) is 0 Å². The Morgan fingerprint density at radius 1 is 0.419 bits per heavy atom. The molecule has 2 aromatic heterocycles. The molecule has 2 saturated heterocycles. The summed E-state index contributed by atoms with van der Waals surface area (Å²) in [6, 6.07) is 17.2. The minimum Gasteiger partial charge on any atom is -0.744 e. The molecule has 2 aliphatic rings. The summed E-state index contributed by atoms with van der Waals surface area (Å²) in [6.07, 6.45) is 2.24. The van der Waals surface area contributed by atoms with Crippen LogP contribution in [0.1, 0.15) is 11.1 Å². The summed E-state index contributed by atoms with van der Waals surface area (Å²) in [5.74, 6) is -0.207. The molecule has 4 heterocycles. The molecule has 74 heavy (non-hydrogen) atoms. The minimum absolute atomic E-state index is 0. The summed E-state index contributed by atoms with van der Waals surface area (Å²) in [4.78, 5) is 27.3. The minimum atomic E-state index is -5.24. The van der Waals surface area contributed by atoms with E-state index in [1.807, 2.05) is 0 Å². The van der Waals surface area contributed by atoms with Gasteiger partial charge in [-0.15, -0.1) is 0 Å². The maximum atomic E-state index is 12.7. The van der Waals surface area contributed by atoms with Crippen LogP contribution in [0.25, 0.3) is 12.2 Å². The number of nitrogens with one attached hydrogen (secondary N) is 4. The summed E-state index contributed by atoms with van der Waals surface area (Å²) < 4.78 is 157. The van der Waals surface area contributed by atoms with E-state index in [0.29, 0.717) is 52.6 Å². The van der Waals surface area contributed by atoms with Gasteiger partial charge in [0.15, 0.2) is 0 Å². The van der Waals surface area contributed by atoms with Gasteiger partial charge in [0.1, 0.15) is 40.5 Å². The van der Waals surface area contributed by atoms with Crippen LogP contribution < -0.4 is 149 Å².